The van der Waals surface area contributed by atoms with Crippen molar-refractivity contribution in [2.75, 3.05) is 55.2 Å². The van der Waals surface area contributed by atoms with E-state index in [4.69, 9.17) is 27.9 Å². The lowest BCUT2D eigenvalue weighted by atomic mass is 10.2. The molecule has 30 heavy (non-hydrogen) atoms. The molecular weight excluding hydrogens is 449 g/mol. The Kier molecular flexibility index (Phi) is 7.70. The predicted molar refractivity (Wildman–Crippen MR) is 122 cm³/mol. The fourth-order valence-corrected chi connectivity index (χ4v) is 4.10. The molecule has 3 rings (SSSR count). The number of aliphatic hydroxyl groups is 1. The number of anilines is 2. The molecule has 10 heteroatoms. The minimum atomic E-state index is -3.31. The van der Waals surface area contributed by atoms with Crippen LogP contribution in [-0.4, -0.2) is 70.1 Å². The van der Waals surface area contributed by atoms with Crippen LogP contribution in [0.2, 0.25) is 10.0 Å². The quantitative estimate of drug-likeness (QED) is 0.613. The summed E-state index contributed by atoms with van der Waals surface area (Å²) in [7, 11) is -3.31. The molecule has 0 saturated carbocycles. The lowest BCUT2D eigenvalue weighted by Crippen LogP contribution is -2.49. The number of aliphatic hydroxyl groups excluding tert-OH is 1. The normalized spacial score (nSPS) is 16.3. The maximum absolute atomic E-state index is 11.2. The van der Waals surface area contributed by atoms with Crippen LogP contribution >= 0.6 is 23.2 Å². The van der Waals surface area contributed by atoms with Gasteiger partial charge in [0.1, 0.15) is 18.5 Å². The van der Waals surface area contributed by atoms with Crippen molar-refractivity contribution in [1.82, 2.24) is 4.90 Å². The first-order chi connectivity index (χ1) is 14.2. The number of rotatable bonds is 8. The zero-order valence-corrected chi connectivity index (χ0v) is 18.9. The highest BCUT2D eigenvalue weighted by molar-refractivity contribution is 7.92. The van der Waals surface area contributed by atoms with Gasteiger partial charge in [-0.05, 0) is 42.5 Å². The Morgan fingerprint density at radius 2 is 1.73 bits per heavy atom. The van der Waals surface area contributed by atoms with Crippen LogP contribution in [0.4, 0.5) is 11.4 Å². The molecule has 1 aliphatic rings. The van der Waals surface area contributed by atoms with Crippen LogP contribution in [0.1, 0.15) is 0 Å². The zero-order valence-electron chi connectivity index (χ0n) is 16.6. The molecule has 0 aliphatic carbocycles. The van der Waals surface area contributed by atoms with Crippen LogP contribution in [0.15, 0.2) is 42.5 Å². The fourth-order valence-electron chi connectivity index (χ4n) is 3.25. The maximum Gasteiger partial charge on any atom is 0.229 e. The molecule has 7 nitrogen and oxygen atoms in total. The maximum atomic E-state index is 11.2. The molecule has 2 aromatic rings. The van der Waals surface area contributed by atoms with E-state index >= 15 is 0 Å². The molecule has 0 spiro atoms. The number of ether oxygens (including phenoxy) is 1. The van der Waals surface area contributed by atoms with Gasteiger partial charge in [-0.25, -0.2) is 8.42 Å². The average molecular weight is 474 g/mol. The van der Waals surface area contributed by atoms with Gasteiger partial charge in [-0.3, -0.25) is 9.62 Å². The third kappa shape index (κ3) is 6.92. The van der Waals surface area contributed by atoms with E-state index in [9.17, 15) is 13.5 Å². The topological polar surface area (TPSA) is 82.1 Å². The fraction of sp³-hybridized carbons (Fsp3) is 0.400. The molecule has 2 N–H and O–H groups in total. The largest absolute Gasteiger partial charge is 0.491 e. The van der Waals surface area contributed by atoms with E-state index in [1.807, 2.05) is 12.1 Å². The number of nitrogens with zero attached hydrogens (tertiary/aromatic N) is 2. The smallest absolute Gasteiger partial charge is 0.229 e. The standard InChI is InChI=1S/C20H25Cl2N3O4S/c1-30(27,28)23-15-2-5-18(6-3-15)29-14-17(26)13-24-8-10-25(11-9-24)16-4-7-19(21)20(22)12-16/h2-7,12,17,23,26H,8-11,13-14H2,1H3. The van der Waals surface area contributed by atoms with Crippen molar-refractivity contribution >= 4 is 44.6 Å². The molecule has 2 aromatic carbocycles. The summed E-state index contributed by atoms with van der Waals surface area (Å²) < 4.78 is 30.5. The number of sulfonamides is 1. The number of hydrogen-bond acceptors (Lipinski definition) is 6. The van der Waals surface area contributed by atoms with Crippen LogP contribution in [-0.2, 0) is 10.0 Å². The summed E-state index contributed by atoms with van der Waals surface area (Å²) >= 11 is 12.1. The van der Waals surface area contributed by atoms with Gasteiger partial charge in [0.15, 0.2) is 0 Å². The molecule has 0 aromatic heterocycles. The summed E-state index contributed by atoms with van der Waals surface area (Å²) in [6, 6.07) is 12.2. The van der Waals surface area contributed by atoms with Crippen molar-refractivity contribution in [1.29, 1.82) is 0 Å². The predicted octanol–water partition coefficient (Wildman–Crippen LogP) is 2.93. The summed E-state index contributed by atoms with van der Waals surface area (Å²) in [5, 5.41) is 11.4. The van der Waals surface area contributed by atoms with E-state index in [0.29, 0.717) is 28.0 Å². The van der Waals surface area contributed by atoms with Gasteiger partial charge >= 0.3 is 0 Å². The first kappa shape index (κ1) is 23.0. The molecule has 1 aliphatic heterocycles. The summed E-state index contributed by atoms with van der Waals surface area (Å²) in [5.74, 6) is 0.567. The number of halogens is 2. The van der Waals surface area contributed by atoms with E-state index in [0.717, 1.165) is 38.1 Å². The molecule has 1 saturated heterocycles. The first-order valence-electron chi connectivity index (χ1n) is 9.51. The highest BCUT2D eigenvalue weighted by Crippen LogP contribution is 2.27. The molecule has 1 atom stereocenters. The molecule has 1 unspecified atom stereocenters. The van der Waals surface area contributed by atoms with Crippen LogP contribution in [0.5, 0.6) is 5.75 Å². The van der Waals surface area contributed by atoms with E-state index in [1.54, 1.807) is 30.3 Å². The van der Waals surface area contributed by atoms with Crippen molar-refractivity contribution < 1.29 is 18.3 Å². The van der Waals surface area contributed by atoms with Gasteiger partial charge in [0.05, 0.1) is 16.3 Å². The Labute approximate surface area is 187 Å². The monoisotopic (exact) mass is 473 g/mol. The second-order valence-electron chi connectivity index (χ2n) is 7.25. The van der Waals surface area contributed by atoms with Gasteiger partial charge in [-0.1, -0.05) is 23.2 Å². The first-order valence-corrected chi connectivity index (χ1v) is 12.2. The average Bonchev–Trinajstić information content (AvgIpc) is 2.69. The van der Waals surface area contributed by atoms with Gasteiger partial charge in [-0.2, -0.15) is 0 Å². The van der Waals surface area contributed by atoms with Crippen LogP contribution < -0.4 is 14.4 Å². The van der Waals surface area contributed by atoms with Crippen molar-refractivity contribution in [3.63, 3.8) is 0 Å². The molecule has 0 bridgehead atoms. The highest BCUT2D eigenvalue weighted by atomic mass is 35.5. The van der Waals surface area contributed by atoms with Crippen LogP contribution in [0.25, 0.3) is 0 Å². The second-order valence-corrected chi connectivity index (χ2v) is 9.81. The number of hydrogen-bond donors (Lipinski definition) is 2. The minimum Gasteiger partial charge on any atom is -0.491 e. The summed E-state index contributed by atoms with van der Waals surface area (Å²) in [6.45, 7) is 3.99. The van der Waals surface area contributed by atoms with Crippen molar-refractivity contribution in [3.8, 4) is 5.75 Å². The Balaban J connectivity index is 1.41. The number of nitrogens with one attached hydrogen (secondary N) is 1. The minimum absolute atomic E-state index is 0.159. The molecule has 1 fully saturated rings. The Morgan fingerprint density at radius 3 is 2.33 bits per heavy atom. The number of piperazine rings is 1. The molecule has 164 valence electrons. The third-order valence-corrected chi connectivity index (χ3v) is 6.06. The van der Waals surface area contributed by atoms with Crippen molar-refractivity contribution in [2.24, 2.45) is 0 Å². The zero-order chi connectivity index (χ0) is 21.7. The molecule has 0 radical (unpaired) electrons. The van der Waals surface area contributed by atoms with E-state index < -0.39 is 16.1 Å². The van der Waals surface area contributed by atoms with Gasteiger partial charge in [0, 0.05) is 44.1 Å². The summed E-state index contributed by atoms with van der Waals surface area (Å²) in [5.41, 5.74) is 1.51. The number of β-amino-alcohol motifs (C(OH)–C–C–N with tert-alkyl or cyclic N) is 1. The summed E-state index contributed by atoms with van der Waals surface area (Å²) in [6.07, 6.45) is 0.466. The van der Waals surface area contributed by atoms with Crippen molar-refractivity contribution in [2.45, 2.75) is 6.10 Å². The van der Waals surface area contributed by atoms with E-state index in [1.165, 1.54) is 0 Å². The summed E-state index contributed by atoms with van der Waals surface area (Å²) in [4.78, 5) is 4.44. The van der Waals surface area contributed by atoms with E-state index in [2.05, 4.69) is 14.5 Å². The lowest BCUT2D eigenvalue weighted by molar-refractivity contribution is 0.0663. The number of benzene rings is 2. The van der Waals surface area contributed by atoms with Gasteiger partial charge < -0.3 is 14.7 Å². The van der Waals surface area contributed by atoms with Crippen LogP contribution in [0.3, 0.4) is 0 Å². The Morgan fingerprint density at radius 1 is 1.07 bits per heavy atom. The molecule has 1 heterocycles. The third-order valence-electron chi connectivity index (χ3n) is 4.71. The lowest BCUT2D eigenvalue weighted by Gasteiger charge is -2.37. The molecule has 0 amide bonds. The van der Waals surface area contributed by atoms with E-state index in [-0.39, 0.29) is 6.61 Å². The van der Waals surface area contributed by atoms with Gasteiger partial charge in [0.25, 0.3) is 0 Å². The van der Waals surface area contributed by atoms with Gasteiger partial charge in [0.2, 0.25) is 10.0 Å². The SMILES string of the molecule is CS(=O)(=O)Nc1ccc(OCC(O)CN2CCN(c3ccc(Cl)c(Cl)c3)CC2)cc1. The Bertz CT molecular complexity index is 949. The van der Waals surface area contributed by atoms with Crippen LogP contribution in [0, 0.1) is 0 Å². The molecular formula is C20H25Cl2N3O4S. The highest BCUT2D eigenvalue weighted by Gasteiger charge is 2.20. The van der Waals surface area contributed by atoms with Crippen molar-refractivity contribution in [3.05, 3.63) is 52.5 Å². The second kappa shape index (κ2) is 10.1. The van der Waals surface area contributed by atoms with Gasteiger partial charge in [-0.15, -0.1) is 0 Å². The Hall–Kier alpha value is -1.71.